The van der Waals surface area contributed by atoms with Crippen molar-refractivity contribution in [2.24, 2.45) is 15.5 Å². The normalized spacial score (nSPS) is 12.6. The van der Waals surface area contributed by atoms with Gasteiger partial charge in [0.1, 0.15) is 32.2 Å². The number of likely N-dealkylation sites (N-methyl/N-ethyl adjacent to an activating group) is 1. The Morgan fingerprint density at radius 2 is 1.67 bits per heavy atom. The van der Waals surface area contributed by atoms with Crippen LogP contribution in [0.1, 0.15) is 25.0 Å². The van der Waals surface area contributed by atoms with Gasteiger partial charge in [0.05, 0.1) is 0 Å². The van der Waals surface area contributed by atoms with Crippen molar-refractivity contribution in [2.75, 3.05) is 21.3 Å². The highest BCUT2D eigenvalue weighted by Crippen LogP contribution is 2.12. The van der Waals surface area contributed by atoms with Crippen LogP contribution in [-0.4, -0.2) is 44.3 Å². The number of hydrogen-bond donors (Lipinski definition) is 1. The molecule has 0 unspecified atom stereocenters. The van der Waals surface area contributed by atoms with Crippen molar-refractivity contribution in [2.45, 2.75) is 20.5 Å². The molecule has 1 amide bonds. The molecule has 1 rings (SSSR count). The van der Waals surface area contributed by atoms with Gasteiger partial charge >= 0.3 is 0 Å². The minimum atomic E-state index is -0.355. The van der Waals surface area contributed by atoms with Gasteiger partial charge in [0.2, 0.25) is 0 Å². The Morgan fingerprint density at radius 1 is 1.04 bits per heavy atom. The van der Waals surface area contributed by atoms with Crippen LogP contribution in [0.2, 0.25) is 0 Å². The number of hydrogen-bond acceptors (Lipinski definition) is 7. The molecule has 0 aromatic heterocycles. The first-order chi connectivity index (χ1) is 11.5. The molecular weight excluding hydrogens is 312 g/mol. The molecule has 0 bridgehead atoms. The molecule has 1 N–H and O–H groups in total. The third-order valence-corrected chi connectivity index (χ3v) is 3.07. The molecule has 0 spiro atoms. The lowest BCUT2D eigenvalue weighted by atomic mass is 10.0. The monoisotopic (exact) mass is 334 g/mol. The van der Waals surface area contributed by atoms with Crippen molar-refractivity contribution in [3.8, 4) is 0 Å². The smallest absolute Gasteiger partial charge is 0.273 e. The van der Waals surface area contributed by atoms with Crippen LogP contribution in [-0.2, 0) is 25.9 Å². The molecule has 0 aliphatic heterocycles. The van der Waals surface area contributed by atoms with E-state index in [0.29, 0.717) is 17.0 Å². The quantitative estimate of drug-likeness (QED) is 0.578. The maximum Gasteiger partial charge on any atom is 0.273 e. The largest absolute Gasteiger partial charge is 0.399 e. The van der Waals surface area contributed by atoms with Gasteiger partial charge in [-0.25, -0.2) is 0 Å². The van der Waals surface area contributed by atoms with Crippen LogP contribution in [0, 0.1) is 0 Å². The lowest BCUT2D eigenvalue weighted by molar-refractivity contribution is -0.114. The van der Waals surface area contributed by atoms with Crippen molar-refractivity contribution in [1.29, 1.82) is 0 Å². The summed E-state index contributed by atoms with van der Waals surface area (Å²) in [6.45, 7) is 3.67. The Morgan fingerprint density at radius 3 is 2.29 bits per heavy atom. The summed E-state index contributed by atoms with van der Waals surface area (Å²) in [5.41, 5.74) is 2.71. The van der Waals surface area contributed by atoms with Gasteiger partial charge in [-0.05, 0) is 13.8 Å². The zero-order chi connectivity index (χ0) is 17.9. The summed E-state index contributed by atoms with van der Waals surface area (Å²) >= 11 is 0. The van der Waals surface area contributed by atoms with Crippen molar-refractivity contribution in [3.05, 3.63) is 35.4 Å². The zero-order valence-electron chi connectivity index (χ0n) is 14.5. The topological polar surface area (TPSA) is 93.9 Å². The summed E-state index contributed by atoms with van der Waals surface area (Å²) in [6.07, 6.45) is 0. The maximum atomic E-state index is 12.0. The van der Waals surface area contributed by atoms with Crippen molar-refractivity contribution < 1.29 is 19.3 Å². The number of carbonyl (C=O) groups excluding carboxylic acids is 1. The van der Waals surface area contributed by atoms with Gasteiger partial charge < -0.3 is 19.8 Å². The van der Waals surface area contributed by atoms with Gasteiger partial charge in [-0.2, -0.15) is 0 Å². The lowest BCUT2D eigenvalue weighted by Crippen LogP contribution is -2.29. The van der Waals surface area contributed by atoms with E-state index in [4.69, 9.17) is 9.68 Å². The SMILES string of the molecule is CNC(=O)/C(=N/OC)c1ccccc1CO/N=C(C)/C(C)=N/OC. The summed E-state index contributed by atoms with van der Waals surface area (Å²) in [5, 5.41) is 14.1. The Hall–Kier alpha value is -2.90. The maximum absolute atomic E-state index is 12.0. The van der Waals surface area contributed by atoms with E-state index in [2.05, 4.69) is 25.6 Å². The van der Waals surface area contributed by atoms with Crippen LogP contribution >= 0.6 is 0 Å². The van der Waals surface area contributed by atoms with E-state index in [0.717, 1.165) is 5.56 Å². The molecule has 130 valence electrons. The first-order valence-electron chi connectivity index (χ1n) is 7.21. The van der Waals surface area contributed by atoms with Gasteiger partial charge in [0, 0.05) is 18.2 Å². The van der Waals surface area contributed by atoms with Crippen LogP contribution in [0.15, 0.2) is 39.7 Å². The molecule has 1 aromatic carbocycles. The van der Waals surface area contributed by atoms with Crippen molar-refractivity contribution in [1.82, 2.24) is 5.32 Å². The summed E-state index contributed by atoms with van der Waals surface area (Å²) in [6, 6.07) is 7.23. The fourth-order valence-electron chi connectivity index (χ4n) is 1.77. The molecule has 0 saturated carbocycles. The minimum absolute atomic E-state index is 0.160. The number of rotatable bonds is 8. The third kappa shape index (κ3) is 5.38. The highest BCUT2D eigenvalue weighted by molar-refractivity contribution is 6.45. The number of carbonyl (C=O) groups is 1. The lowest BCUT2D eigenvalue weighted by Gasteiger charge is -2.10. The second-order valence-electron chi connectivity index (χ2n) is 4.67. The molecule has 0 saturated heterocycles. The third-order valence-electron chi connectivity index (χ3n) is 3.07. The molecule has 0 atom stereocenters. The molecule has 0 aliphatic rings. The predicted molar refractivity (Wildman–Crippen MR) is 92.1 cm³/mol. The van der Waals surface area contributed by atoms with Crippen LogP contribution in [0.3, 0.4) is 0 Å². The number of amides is 1. The number of benzene rings is 1. The zero-order valence-corrected chi connectivity index (χ0v) is 14.5. The van der Waals surface area contributed by atoms with E-state index in [-0.39, 0.29) is 18.2 Å². The highest BCUT2D eigenvalue weighted by Gasteiger charge is 2.17. The number of nitrogens with zero attached hydrogens (tertiary/aromatic N) is 3. The number of nitrogens with one attached hydrogen (secondary N) is 1. The van der Waals surface area contributed by atoms with Crippen molar-refractivity contribution in [3.63, 3.8) is 0 Å². The molecule has 0 aliphatic carbocycles. The summed E-state index contributed by atoms with van der Waals surface area (Å²) in [5.74, 6) is -0.355. The van der Waals surface area contributed by atoms with E-state index in [9.17, 15) is 4.79 Å². The summed E-state index contributed by atoms with van der Waals surface area (Å²) in [4.78, 5) is 26.8. The summed E-state index contributed by atoms with van der Waals surface area (Å²) < 4.78 is 0. The second kappa shape index (κ2) is 9.98. The van der Waals surface area contributed by atoms with Gasteiger partial charge in [-0.15, -0.1) is 0 Å². The van der Waals surface area contributed by atoms with Crippen LogP contribution in [0.25, 0.3) is 0 Å². The Labute approximate surface area is 141 Å². The Kier molecular flexibility index (Phi) is 7.97. The van der Waals surface area contributed by atoms with Gasteiger partial charge in [-0.1, -0.05) is 39.7 Å². The molecule has 0 fully saturated rings. The van der Waals surface area contributed by atoms with Gasteiger partial charge in [0.25, 0.3) is 5.91 Å². The first kappa shape index (κ1) is 19.1. The first-order valence-corrected chi connectivity index (χ1v) is 7.21. The molecule has 8 heteroatoms. The van der Waals surface area contributed by atoms with E-state index in [1.54, 1.807) is 26.0 Å². The average Bonchev–Trinajstić information content (AvgIpc) is 2.59. The molecule has 0 radical (unpaired) electrons. The molecule has 0 heterocycles. The minimum Gasteiger partial charge on any atom is -0.399 e. The number of oxime groups is 3. The van der Waals surface area contributed by atoms with E-state index >= 15 is 0 Å². The van der Waals surface area contributed by atoms with Gasteiger partial charge in [-0.3, -0.25) is 4.79 Å². The van der Waals surface area contributed by atoms with Crippen molar-refractivity contribution >= 4 is 23.0 Å². The van der Waals surface area contributed by atoms with E-state index < -0.39 is 0 Å². The Bertz CT molecular complexity index is 653. The highest BCUT2D eigenvalue weighted by atomic mass is 16.6. The van der Waals surface area contributed by atoms with Crippen LogP contribution < -0.4 is 5.32 Å². The molecular formula is C16H22N4O4. The average molecular weight is 334 g/mol. The van der Waals surface area contributed by atoms with Gasteiger partial charge in [0.15, 0.2) is 5.71 Å². The van der Waals surface area contributed by atoms with E-state index in [1.165, 1.54) is 21.3 Å². The fourth-order valence-corrected chi connectivity index (χ4v) is 1.77. The summed E-state index contributed by atoms with van der Waals surface area (Å²) in [7, 11) is 4.37. The molecule has 24 heavy (non-hydrogen) atoms. The molecule has 1 aromatic rings. The van der Waals surface area contributed by atoms with E-state index in [1.807, 2.05) is 12.1 Å². The fraction of sp³-hybridized carbons (Fsp3) is 0.375. The second-order valence-corrected chi connectivity index (χ2v) is 4.67. The predicted octanol–water partition coefficient (Wildman–Crippen LogP) is 1.70. The van der Waals surface area contributed by atoms with Crippen LogP contribution in [0.4, 0.5) is 0 Å². The standard InChI is InChI=1S/C16H22N4O4/c1-11(18-22-4)12(2)19-24-10-13-8-6-7-9-14(13)15(20-23-5)16(21)17-3/h6-9H,10H2,1-5H3,(H,17,21)/b18-11+,19-12+,20-15+. The van der Waals surface area contributed by atoms with Crippen LogP contribution in [0.5, 0.6) is 0 Å². The Balaban J connectivity index is 2.99. The molecule has 8 nitrogen and oxygen atoms in total.